The number of para-hydroxylation sites is 1. The SMILES string of the molecule is Cc1ccc(C)c(N=Cc2cc(Br)ccc2OCC(=O)Nc2ccccc2)c1. The first-order valence-corrected chi connectivity index (χ1v) is 9.69. The molecule has 0 spiro atoms. The number of hydrogen-bond donors (Lipinski definition) is 1. The largest absolute Gasteiger partial charge is 0.483 e. The number of aliphatic imine (C=N–C) groups is 1. The highest BCUT2D eigenvalue weighted by molar-refractivity contribution is 9.10. The fourth-order valence-corrected chi connectivity index (χ4v) is 2.99. The van der Waals surface area contributed by atoms with Gasteiger partial charge in [0.1, 0.15) is 5.75 Å². The van der Waals surface area contributed by atoms with Crippen molar-refractivity contribution in [3.63, 3.8) is 0 Å². The Kier molecular flexibility index (Phi) is 6.61. The zero-order chi connectivity index (χ0) is 19.9. The number of carbonyl (C=O) groups excluding carboxylic acids is 1. The number of ether oxygens (including phenoxy) is 1. The van der Waals surface area contributed by atoms with Gasteiger partial charge in [-0.1, -0.05) is 46.3 Å². The average Bonchev–Trinajstić information content (AvgIpc) is 2.68. The van der Waals surface area contributed by atoms with Gasteiger partial charge in [-0.25, -0.2) is 0 Å². The van der Waals surface area contributed by atoms with Gasteiger partial charge in [0.25, 0.3) is 5.91 Å². The summed E-state index contributed by atoms with van der Waals surface area (Å²) in [5.74, 6) is 0.381. The van der Waals surface area contributed by atoms with Crippen LogP contribution in [0.15, 0.2) is 76.2 Å². The zero-order valence-corrected chi connectivity index (χ0v) is 17.4. The van der Waals surface area contributed by atoms with E-state index >= 15 is 0 Å². The van der Waals surface area contributed by atoms with Gasteiger partial charge < -0.3 is 10.1 Å². The highest BCUT2D eigenvalue weighted by Crippen LogP contribution is 2.24. The molecule has 0 aliphatic rings. The molecular formula is C23H21BrN2O2. The summed E-state index contributed by atoms with van der Waals surface area (Å²) in [7, 11) is 0. The molecule has 0 aliphatic heterocycles. The van der Waals surface area contributed by atoms with Crippen molar-refractivity contribution in [2.75, 3.05) is 11.9 Å². The van der Waals surface area contributed by atoms with Crippen molar-refractivity contribution < 1.29 is 9.53 Å². The van der Waals surface area contributed by atoms with Crippen molar-refractivity contribution in [3.8, 4) is 5.75 Å². The molecule has 0 fully saturated rings. The highest BCUT2D eigenvalue weighted by Gasteiger charge is 2.07. The second-order valence-electron chi connectivity index (χ2n) is 6.43. The number of nitrogens with zero attached hydrogens (tertiary/aromatic N) is 1. The average molecular weight is 437 g/mol. The summed E-state index contributed by atoms with van der Waals surface area (Å²) in [6, 6.07) is 21.1. The number of amides is 1. The third kappa shape index (κ3) is 5.54. The molecule has 0 bridgehead atoms. The van der Waals surface area contributed by atoms with Crippen LogP contribution in [0.4, 0.5) is 11.4 Å². The fourth-order valence-electron chi connectivity index (χ4n) is 2.61. The Morgan fingerprint density at radius 1 is 1.07 bits per heavy atom. The molecule has 5 heteroatoms. The number of carbonyl (C=O) groups is 1. The predicted octanol–water partition coefficient (Wildman–Crippen LogP) is 5.83. The van der Waals surface area contributed by atoms with Gasteiger partial charge in [-0.15, -0.1) is 0 Å². The Hall–Kier alpha value is -2.92. The molecule has 0 saturated heterocycles. The predicted molar refractivity (Wildman–Crippen MR) is 118 cm³/mol. The maximum atomic E-state index is 12.1. The first-order chi connectivity index (χ1) is 13.5. The monoisotopic (exact) mass is 436 g/mol. The molecule has 3 rings (SSSR count). The smallest absolute Gasteiger partial charge is 0.262 e. The summed E-state index contributed by atoms with van der Waals surface area (Å²) in [6.07, 6.45) is 1.76. The van der Waals surface area contributed by atoms with Crippen molar-refractivity contribution in [1.29, 1.82) is 0 Å². The van der Waals surface area contributed by atoms with Crippen LogP contribution >= 0.6 is 15.9 Å². The van der Waals surface area contributed by atoms with E-state index in [0.717, 1.165) is 32.5 Å². The lowest BCUT2D eigenvalue weighted by atomic mass is 10.1. The van der Waals surface area contributed by atoms with Crippen molar-refractivity contribution in [2.24, 2.45) is 4.99 Å². The fraction of sp³-hybridized carbons (Fsp3) is 0.130. The molecule has 1 N–H and O–H groups in total. The van der Waals surface area contributed by atoms with E-state index in [1.807, 2.05) is 74.5 Å². The van der Waals surface area contributed by atoms with Crippen molar-refractivity contribution in [3.05, 3.63) is 87.9 Å². The first kappa shape index (κ1) is 19.8. The minimum atomic E-state index is -0.216. The zero-order valence-electron chi connectivity index (χ0n) is 15.8. The van der Waals surface area contributed by atoms with E-state index in [4.69, 9.17) is 4.74 Å². The molecule has 142 valence electrons. The summed E-state index contributed by atoms with van der Waals surface area (Å²) in [4.78, 5) is 16.8. The standard InChI is InChI=1S/C23H21BrN2O2/c1-16-8-9-17(2)21(12-16)25-14-18-13-19(24)10-11-22(18)28-15-23(27)26-20-6-4-3-5-7-20/h3-14H,15H2,1-2H3,(H,26,27). The number of anilines is 1. The summed E-state index contributed by atoms with van der Waals surface area (Å²) in [5, 5.41) is 2.81. The first-order valence-electron chi connectivity index (χ1n) is 8.90. The molecule has 4 nitrogen and oxygen atoms in total. The number of hydrogen-bond acceptors (Lipinski definition) is 3. The van der Waals surface area contributed by atoms with E-state index in [0.29, 0.717) is 5.75 Å². The molecule has 0 radical (unpaired) electrons. The van der Waals surface area contributed by atoms with Gasteiger partial charge >= 0.3 is 0 Å². The Balaban J connectivity index is 1.72. The number of benzene rings is 3. The molecule has 0 heterocycles. The van der Waals surface area contributed by atoms with Crippen molar-refractivity contribution in [1.82, 2.24) is 0 Å². The Bertz CT molecular complexity index is 1000. The molecule has 0 unspecified atom stereocenters. The Morgan fingerprint density at radius 3 is 2.64 bits per heavy atom. The maximum absolute atomic E-state index is 12.1. The molecule has 3 aromatic rings. The molecular weight excluding hydrogens is 416 g/mol. The van der Waals surface area contributed by atoms with E-state index in [2.05, 4.69) is 32.3 Å². The molecule has 3 aromatic carbocycles. The number of halogens is 1. The minimum absolute atomic E-state index is 0.0825. The van der Waals surface area contributed by atoms with Crippen LogP contribution in [0, 0.1) is 13.8 Å². The van der Waals surface area contributed by atoms with Crippen LogP contribution in [0.1, 0.15) is 16.7 Å². The quantitative estimate of drug-likeness (QED) is 0.493. The van der Waals surface area contributed by atoms with Crippen molar-refractivity contribution in [2.45, 2.75) is 13.8 Å². The van der Waals surface area contributed by atoms with Gasteiger partial charge in [0, 0.05) is 21.9 Å². The molecule has 0 aliphatic carbocycles. The van der Waals surface area contributed by atoms with E-state index in [-0.39, 0.29) is 12.5 Å². The van der Waals surface area contributed by atoms with Gasteiger partial charge in [-0.2, -0.15) is 0 Å². The van der Waals surface area contributed by atoms with Crippen LogP contribution in [0.25, 0.3) is 0 Å². The van der Waals surface area contributed by atoms with Crippen LogP contribution in [-0.4, -0.2) is 18.7 Å². The van der Waals surface area contributed by atoms with Gasteiger partial charge in [0.15, 0.2) is 6.61 Å². The van der Waals surface area contributed by atoms with E-state index in [9.17, 15) is 4.79 Å². The number of rotatable bonds is 6. The normalized spacial score (nSPS) is 10.8. The minimum Gasteiger partial charge on any atom is -0.483 e. The molecule has 0 aromatic heterocycles. The second kappa shape index (κ2) is 9.33. The number of nitrogens with one attached hydrogen (secondary N) is 1. The third-order valence-corrected chi connectivity index (χ3v) is 4.59. The maximum Gasteiger partial charge on any atom is 0.262 e. The lowest BCUT2D eigenvalue weighted by Crippen LogP contribution is -2.20. The van der Waals surface area contributed by atoms with E-state index < -0.39 is 0 Å². The topological polar surface area (TPSA) is 50.7 Å². The number of aryl methyl sites for hydroxylation is 2. The second-order valence-corrected chi connectivity index (χ2v) is 7.35. The van der Waals surface area contributed by atoms with Crippen LogP contribution in [0.3, 0.4) is 0 Å². The van der Waals surface area contributed by atoms with E-state index in [1.165, 1.54) is 0 Å². The lowest BCUT2D eigenvalue weighted by Gasteiger charge is -2.10. The van der Waals surface area contributed by atoms with E-state index in [1.54, 1.807) is 6.21 Å². The van der Waals surface area contributed by atoms with Gasteiger partial charge in [0.2, 0.25) is 0 Å². The van der Waals surface area contributed by atoms with Crippen LogP contribution in [0.5, 0.6) is 5.75 Å². The van der Waals surface area contributed by atoms with Crippen LogP contribution in [-0.2, 0) is 4.79 Å². The Labute approximate surface area is 173 Å². The van der Waals surface area contributed by atoms with Crippen LogP contribution < -0.4 is 10.1 Å². The van der Waals surface area contributed by atoms with Gasteiger partial charge in [0.05, 0.1) is 5.69 Å². The van der Waals surface area contributed by atoms with Crippen LogP contribution in [0.2, 0.25) is 0 Å². The summed E-state index contributed by atoms with van der Waals surface area (Å²) >= 11 is 3.48. The molecule has 0 saturated carbocycles. The van der Waals surface area contributed by atoms with Crippen molar-refractivity contribution >= 4 is 39.4 Å². The van der Waals surface area contributed by atoms with Gasteiger partial charge in [-0.3, -0.25) is 9.79 Å². The Morgan fingerprint density at radius 2 is 1.86 bits per heavy atom. The van der Waals surface area contributed by atoms with Gasteiger partial charge in [-0.05, 0) is 61.4 Å². The summed E-state index contributed by atoms with van der Waals surface area (Å²) in [6.45, 7) is 3.98. The summed E-state index contributed by atoms with van der Waals surface area (Å²) < 4.78 is 6.66. The molecule has 1 amide bonds. The third-order valence-electron chi connectivity index (χ3n) is 4.10. The molecule has 28 heavy (non-hydrogen) atoms. The summed E-state index contributed by atoms with van der Waals surface area (Å²) in [5.41, 5.74) is 4.70. The highest BCUT2D eigenvalue weighted by atomic mass is 79.9. The molecule has 0 atom stereocenters. The lowest BCUT2D eigenvalue weighted by molar-refractivity contribution is -0.118.